The Labute approximate surface area is 134 Å². The zero-order valence-electron chi connectivity index (χ0n) is 11.2. The third-order valence-corrected chi connectivity index (χ3v) is 5.34. The van der Waals surface area contributed by atoms with Crippen molar-refractivity contribution in [3.8, 4) is 11.1 Å². The summed E-state index contributed by atoms with van der Waals surface area (Å²) >= 11 is 3.42. The Morgan fingerprint density at radius 2 is 2.05 bits per heavy atom. The van der Waals surface area contributed by atoms with Crippen LogP contribution in [0.25, 0.3) is 11.1 Å². The molecule has 1 saturated heterocycles. The molecule has 0 aliphatic carbocycles. The smallest absolute Gasteiger partial charge is 0.295 e. The number of amides is 1. The van der Waals surface area contributed by atoms with Gasteiger partial charge in [-0.15, -0.1) is 3.89 Å². The molecule has 1 aliphatic heterocycles. The molecule has 2 heterocycles. The third kappa shape index (κ3) is 2.66. The molecule has 1 aliphatic rings. The van der Waals surface area contributed by atoms with Crippen LogP contribution in [-0.4, -0.2) is 36.3 Å². The Kier molecular flexibility index (Phi) is 3.77. The van der Waals surface area contributed by atoms with Crippen molar-refractivity contribution in [2.24, 2.45) is 0 Å². The number of carbonyl (C=O) groups is 1. The molecule has 6 nitrogen and oxygen atoms in total. The van der Waals surface area contributed by atoms with Crippen LogP contribution < -0.4 is 4.90 Å². The van der Waals surface area contributed by atoms with Crippen LogP contribution in [0, 0.1) is 0 Å². The first-order valence-electron chi connectivity index (χ1n) is 6.40. The first-order chi connectivity index (χ1) is 10.4. The van der Waals surface area contributed by atoms with Gasteiger partial charge in [0.2, 0.25) is 5.91 Å². The van der Waals surface area contributed by atoms with Crippen molar-refractivity contribution >= 4 is 37.9 Å². The van der Waals surface area contributed by atoms with E-state index in [-0.39, 0.29) is 13.0 Å². The van der Waals surface area contributed by atoms with E-state index in [0.717, 1.165) is 10.0 Å². The van der Waals surface area contributed by atoms with Gasteiger partial charge in [0.15, 0.2) is 0 Å². The summed E-state index contributed by atoms with van der Waals surface area (Å²) in [5.41, 5.74) is 1.43. The quantitative estimate of drug-likeness (QED) is 0.818. The van der Waals surface area contributed by atoms with Crippen molar-refractivity contribution in [2.45, 2.75) is 11.7 Å². The molecule has 1 atom stereocenters. The molecule has 1 amide bonds. The number of halogens is 2. The largest absolute Gasteiger partial charge is 0.307 e. The minimum Gasteiger partial charge on any atom is -0.295 e. The second-order valence-corrected chi connectivity index (χ2v) is 7.39. The molecule has 1 unspecified atom stereocenters. The van der Waals surface area contributed by atoms with Crippen LogP contribution >= 0.6 is 15.9 Å². The molecule has 2 aromatic rings. The number of carbonyl (C=O) groups excluding carboxylic acids is 1. The maximum absolute atomic E-state index is 13.1. The van der Waals surface area contributed by atoms with E-state index >= 15 is 0 Å². The highest BCUT2D eigenvalue weighted by Gasteiger charge is 2.40. The van der Waals surface area contributed by atoms with Gasteiger partial charge in [0.25, 0.3) is 0 Å². The molecule has 0 bridgehead atoms. The van der Waals surface area contributed by atoms with Crippen molar-refractivity contribution < 1.29 is 17.1 Å². The molecule has 9 heteroatoms. The number of nitrogens with zero attached hydrogens (tertiary/aromatic N) is 2. The Bertz CT molecular complexity index is 837. The lowest BCUT2D eigenvalue weighted by molar-refractivity contribution is -0.117. The molecular formula is C13H11BrFN3O3S. The topological polar surface area (TPSA) is 83.1 Å². The number of hydrogen-bond donors (Lipinski definition) is 1. The van der Waals surface area contributed by atoms with Crippen molar-refractivity contribution in [2.75, 3.05) is 11.4 Å². The van der Waals surface area contributed by atoms with Crippen LogP contribution in [0.5, 0.6) is 0 Å². The molecule has 0 saturated carbocycles. The average molecular weight is 388 g/mol. The lowest BCUT2D eigenvalue weighted by atomic mass is 10.1. The highest BCUT2D eigenvalue weighted by atomic mass is 79.9. The van der Waals surface area contributed by atoms with Gasteiger partial charge in [-0.1, -0.05) is 34.1 Å². The summed E-state index contributed by atoms with van der Waals surface area (Å²) in [6, 6.07) is 7.35. The maximum atomic E-state index is 13.1. The lowest BCUT2D eigenvalue weighted by Crippen LogP contribution is -2.27. The van der Waals surface area contributed by atoms with Crippen LogP contribution in [0.1, 0.15) is 6.42 Å². The summed E-state index contributed by atoms with van der Waals surface area (Å²) in [7, 11) is -4.75. The van der Waals surface area contributed by atoms with E-state index in [1.54, 1.807) is 6.20 Å². The van der Waals surface area contributed by atoms with Gasteiger partial charge >= 0.3 is 10.2 Å². The van der Waals surface area contributed by atoms with Crippen LogP contribution in [0.15, 0.2) is 34.9 Å². The summed E-state index contributed by atoms with van der Waals surface area (Å²) < 4.78 is 36.0. The Morgan fingerprint density at radius 1 is 1.32 bits per heavy atom. The highest BCUT2D eigenvalue weighted by molar-refractivity contribution is 9.10. The fourth-order valence-electron chi connectivity index (χ4n) is 2.44. The molecule has 1 aromatic carbocycles. The van der Waals surface area contributed by atoms with Crippen LogP contribution in [0.3, 0.4) is 0 Å². The van der Waals surface area contributed by atoms with Gasteiger partial charge in [-0.05, 0) is 6.07 Å². The van der Waals surface area contributed by atoms with E-state index < -0.39 is 21.4 Å². The fourth-order valence-corrected chi connectivity index (χ4v) is 3.61. The molecule has 1 N–H and O–H groups in total. The molecule has 116 valence electrons. The number of rotatable bonds is 3. The summed E-state index contributed by atoms with van der Waals surface area (Å²) in [6.45, 7) is -0.225. The van der Waals surface area contributed by atoms with Gasteiger partial charge in [-0.2, -0.15) is 13.5 Å². The molecule has 0 spiro atoms. The van der Waals surface area contributed by atoms with Gasteiger partial charge in [0.05, 0.1) is 6.20 Å². The number of aromatic amines is 1. The Morgan fingerprint density at radius 3 is 2.68 bits per heavy atom. The van der Waals surface area contributed by atoms with E-state index in [1.807, 2.05) is 24.3 Å². The normalized spacial score (nSPS) is 18.9. The summed E-state index contributed by atoms with van der Waals surface area (Å²) in [5, 5.41) is 5.28. The number of H-pyrrole nitrogens is 1. The second kappa shape index (κ2) is 5.47. The fraction of sp³-hybridized carbons (Fsp3) is 0.231. The van der Waals surface area contributed by atoms with Crippen LogP contribution in [0.4, 0.5) is 9.70 Å². The second-order valence-electron chi connectivity index (χ2n) is 4.92. The van der Waals surface area contributed by atoms with E-state index in [9.17, 15) is 17.1 Å². The number of anilines is 1. The maximum Gasteiger partial charge on any atom is 0.307 e. The predicted octanol–water partition coefficient (Wildman–Crippen LogP) is 2.24. The zero-order chi connectivity index (χ0) is 15.9. The lowest BCUT2D eigenvalue weighted by Gasteiger charge is -2.16. The summed E-state index contributed by atoms with van der Waals surface area (Å²) in [4.78, 5) is 13.3. The van der Waals surface area contributed by atoms with Crippen molar-refractivity contribution in [1.29, 1.82) is 0 Å². The standard InChI is InChI=1S/C13H11BrFN3O3S/c14-11-4-2-1-3-9(11)10-6-16-17-13(10)18-7-8(5-12(18)19)22(15,20)21/h1-4,6,8H,5,7H2,(H,16,17). The third-order valence-electron chi connectivity index (χ3n) is 3.54. The van der Waals surface area contributed by atoms with Gasteiger partial charge in [0.1, 0.15) is 11.1 Å². The number of nitrogens with one attached hydrogen (secondary N) is 1. The molecule has 3 rings (SSSR count). The average Bonchev–Trinajstić information content (AvgIpc) is 3.04. The van der Waals surface area contributed by atoms with E-state index in [2.05, 4.69) is 26.1 Å². The Balaban J connectivity index is 2.00. The van der Waals surface area contributed by atoms with Crippen molar-refractivity contribution in [1.82, 2.24) is 10.2 Å². The molecule has 22 heavy (non-hydrogen) atoms. The summed E-state index contributed by atoms with van der Waals surface area (Å²) in [6.07, 6.45) is 1.17. The minimum absolute atomic E-state index is 0.225. The van der Waals surface area contributed by atoms with Gasteiger partial charge in [0, 0.05) is 28.6 Å². The summed E-state index contributed by atoms with van der Waals surface area (Å²) in [5.74, 6) is -0.0909. The van der Waals surface area contributed by atoms with Crippen molar-refractivity contribution in [3.05, 3.63) is 34.9 Å². The van der Waals surface area contributed by atoms with E-state index in [0.29, 0.717) is 11.4 Å². The number of aromatic nitrogens is 2. The molecule has 0 radical (unpaired) electrons. The highest BCUT2D eigenvalue weighted by Crippen LogP contribution is 2.36. The van der Waals surface area contributed by atoms with Crippen LogP contribution in [-0.2, 0) is 15.0 Å². The van der Waals surface area contributed by atoms with Gasteiger partial charge in [-0.3, -0.25) is 14.8 Å². The zero-order valence-corrected chi connectivity index (χ0v) is 13.6. The van der Waals surface area contributed by atoms with Gasteiger partial charge in [-0.25, -0.2) is 0 Å². The van der Waals surface area contributed by atoms with Crippen molar-refractivity contribution in [3.63, 3.8) is 0 Å². The molecular weight excluding hydrogens is 377 g/mol. The van der Waals surface area contributed by atoms with E-state index in [4.69, 9.17) is 0 Å². The van der Waals surface area contributed by atoms with E-state index in [1.165, 1.54) is 4.90 Å². The molecule has 1 fully saturated rings. The SMILES string of the molecule is O=C1CC(S(=O)(=O)F)CN1c1[nH]ncc1-c1ccccc1Br. The first-order valence-corrected chi connectivity index (χ1v) is 8.64. The Hall–Kier alpha value is -1.74. The minimum atomic E-state index is -4.75. The van der Waals surface area contributed by atoms with Crippen LogP contribution in [0.2, 0.25) is 0 Å². The predicted molar refractivity (Wildman–Crippen MR) is 82.5 cm³/mol. The number of hydrogen-bond acceptors (Lipinski definition) is 4. The monoisotopic (exact) mass is 387 g/mol. The van der Waals surface area contributed by atoms with Gasteiger partial charge < -0.3 is 0 Å². The number of benzene rings is 1. The first kappa shape index (κ1) is 15.2. The molecule has 1 aromatic heterocycles.